The van der Waals surface area contributed by atoms with Crippen molar-refractivity contribution < 1.29 is 27.1 Å². The molecule has 1 amide bonds. The third-order valence-electron chi connectivity index (χ3n) is 4.68. The lowest BCUT2D eigenvalue weighted by molar-refractivity contribution is -0.119. The number of esters is 1. The second-order valence-corrected chi connectivity index (χ2v) is 9.36. The zero-order valence-electron chi connectivity index (χ0n) is 15.7. The normalized spacial score (nSPS) is 17.3. The minimum atomic E-state index is -4.04. The first kappa shape index (κ1) is 21.5. The number of nitrogens with zero attached hydrogens (tertiary/aromatic N) is 2. The summed E-state index contributed by atoms with van der Waals surface area (Å²) in [4.78, 5) is 24.3. The lowest BCUT2D eigenvalue weighted by Gasteiger charge is -2.23. The van der Waals surface area contributed by atoms with Crippen LogP contribution in [0.3, 0.4) is 0 Å². The van der Waals surface area contributed by atoms with Gasteiger partial charge in [-0.1, -0.05) is 15.9 Å². The SMILES string of the molecule is COC(=O)c1cc(S(=O)(=O)N2CCC[C@@H]2C(=O)Nc2ccc(Br)cc2F)cn1C. The molecule has 1 aromatic carbocycles. The second kappa shape index (κ2) is 8.25. The Hall–Kier alpha value is -2.24. The third-order valence-corrected chi connectivity index (χ3v) is 7.04. The number of hydrogen-bond acceptors (Lipinski definition) is 5. The highest BCUT2D eigenvalue weighted by atomic mass is 79.9. The Morgan fingerprint density at radius 1 is 1.31 bits per heavy atom. The van der Waals surface area contributed by atoms with Crippen LogP contribution in [0, 0.1) is 5.82 Å². The van der Waals surface area contributed by atoms with Gasteiger partial charge in [0.15, 0.2) is 0 Å². The Kier molecular flexibility index (Phi) is 6.11. The summed E-state index contributed by atoms with van der Waals surface area (Å²) in [6.45, 7) is 0.145. The molecule has 8 nitrogen and oxygen atoms in total. The molecule has 29 heavy (non-hydrogen) atoms. The van der Waals surface area contributed by atoms with E-state index in [0.29, 0.717) is 17.3 Å². The number of benzene rings is 1. The van der Waals surface area contributed by atoms with Crippen molar-refractivity contribution in [1.82, 2.24) is 8.87 Å². The standard InChI is InChI=1S/C18H19BrFN3O5S/c1-22-10-12(9-16(22)18(25)28-2)29(26,27)23-7-3-4-15(23)17(24)21-14-6-5-11(19)8-13(14)20/h5-6,8-10,15H,3-4,7H2,1-2H3,(H,21,24)/t15-/m1/s1. The predicted octanol–water partition coefficient (Wildman–Crippen LogP) is 2.51. The van der Waals surface area contributed by atoms with Crippen molar-refractivity contribution in [2.24, 2.45) is 7.05 Å². The van der Waals surface area contributed by atoms with Gasteiger partial charge in [0.2, 0.25) is 15.9 Å². The highest BCUT2D eigenvalue weighted by Crippen LogP contribution is 2.29. The molecular formula is C18H19BrFN3O5S. The number of carbonyl (C=O) groups is 2. The smallest absolute Gasteiger partial charge is 0.354 e. The maximum atomic E-state index is 14.0. The topological polar surface area (TPSA) is 97.7 Å². The number of aromatic nitrogens is 1. The van der Waals surface area contributed by atoms with Gasteiger partial charge in [0.1, 0.15) is 22.4 Å². The molecular weight excluding hydrogens is 469 g/mol. The van der Waals surface area contributed by atoms with E-state index in [1.165, 1.54) is 43.1 Å². The van der Waals surface area contributed by atoms with Gasteiger partial charge in [-0.25, -0.2) is 17.6 Å². The van der Waals surface area contributed by atoms with Crippen molar-refractivity contribution >= 4 is 43.5 Å². The fourth-order valence-electron chi connectivity index (χ4n) is 3.21. The van der Waals surface area contributed by atoms with E-state index in [4.69, 9.17) is 0 Å². The molecule has 156 valence electrons. The van der Waals surface area contributed by atoms with Crippen LogP contribution in [0.15, 0.2) is 39.8 Å². The number of methoxy groups -OCH3 is 1. The van der Waals surface area contributed by atoms with E-state index in [2.05, 4.69) is 26.0 Å². The van der Waals surface area contributed by atoms with Crippen LogP contribution in [0.25, 0.3) is 0 Å². The first-order valence-corrected chi connectivity index (χ1v) is 10.9. The Morgan fingerprint density at radius 2 is 2.03 bits per heavy atom. The number of anilines is 1. The minimum Gasteiger partial charge on any atom is -0.464 e. The summed E-state index contributed by atoms with van der Waals surface area (Å²) in [5, 5.41) is 2.46. The number of amides is 1. The van der Waals surface area contributed by atoms with Crippen molar-refractivity contribution in [2.45, 2.75) is 23.8 Å². The molecule has 0 aliphatic carbocycles. The molecule has 0 bridgehead atoms. The molecule has 2 heterocycles. The maximum Gasteiger partial charge on any atom is 0.354 e. The number of sulfonamides is 1. The minimum absolute atomic E-state index is 0.0323. The quantitative estimate of drug-likeness (QED) is 0.653. The molecule has 1 N–H and O–H groups in total. The van der Waals surface area contributed by atoms with Gasteiger partial charge in [0, 0.05) is 24.3 Å². The van der Waals surface area contributed by atoms with Crippen molar-refractivity contribution in [2.75, 3.05) is 19.0 Å². The molecule has 3 rings (SSSR count). The van der Waals surface area contributed by atoms with Crippen LogP contribution in [0.1, 0.15) is 23.3 Å². The first-order valence-electron chi connectivity index (χ1n) is 8.67. The number of hydrogen-bond donors (Lipinski definition) is 1. The molecule has 1 aromatic heterocycles. The molecule has 11 heteroatoms. The van der Waals surface area contributed by atoms with Gasteiger partial charge >= 0.3 is 5.97 Å². The monoisotopic (exact) mass is 487 g/mol. The Labute approximate surface area is 175 Å². The van der Waals surface area contributed by atoms with Crippen LogP contribution in [-0.4, -0.2) is 48.9 Å². The summed E-state index contributed by atoms with van der Waals surface area (Å²) >= 11 is 3.14. The number of ether oxygens (including phenoxy) is 1. The third kappa shape index (κ3) is 4.21. The van der Waals surface area contributed by atoms with Gasteiger partial charge in [0.05, 0.1) is 12.8 Å². The fourth-order valence-corrected chi connectivity index (χ4v) is 5.28. The summed E-state index contributed by atoms with van der Waals surface area (Å²) in [5.74, 6) is -1.92. The predicted molar refractivity (Wildman–Crippen MR) is 106 cm³/mol. The molecule has 1 saturated heterocycles. The number of halogens is 2. The van der Waals surface area contributed by atoms with Crippen LogP contribution in [0.4, 0.5) is 10.1 Å². The van der Waals surface area contributed by atoms with Crippen LogP contribution in [0.5, 0.6) is 0 Å². The zero-order valence-corrected chi connectivity index (χ0v) is 18.1. The average molecular weight is 488 g/mol. The fraction of sp³-hybridized carbons (Fsp3) is 0.333. The molecule has 0 saturated carbocycles. The number of carbonyl (C=O) groups excluding carboxylic acids is 2. The molecule has 1 aliphatic heterocycles. The number of nitrogens with one attached hydrogen (secondary N) is 1. The summed E-state index contributed by atoms with van der Waals surface area (Å²) in [6, 6.07) is 4.40. The molecule has 1 aliphatic rings. The maximum absolute atomic E-state index is 14.0. The van der Waals surface area contributed by atoms with Crippen molar-refractivity contribution in [3.8, 4) is 0 Å². The van der Waals surface area contributed by atoms with Crippen LogP contribution in [-0.2, 0) is 26.6 Å². The van der Waals surface area contributed by atoms with E-state index in [1.54, 1.807) is 6.07 Å². The number of rotatable bonds is 5. The highest BCUT2D eigenvalue weighted by Gasteiger charge is 2.40. The van der Waals surface area contributed by atoms with Gasteiger partial charge < -0.3 is 14.6 Å². The van der Waals surface area contributed by atoms with E-state index < -0.39 is 33.8 Å². The van der Waals surface area contributed by atoms with Gasteiger partial charge in [0.25, 0.3) is 0 Å². The Balaban J connectivity index is 1.85. The van der Waals surface area contributed by atoms with Crippen molar-refractivity contribution in [3.63, 3.8) is 0 Å². The first-order chi connectivity index (χ1) is 13.6. The number of aryl methyl sites for hydroxylation is 1. The van der Waals surface area contributed by atoms with Crippen LogP contribution < -0.4 is 5.32 Å². The van der Waals surface area contributed by atoms with Gasteiger partial charge in [-0.05, 0) is 37.1 Å². The summed E-state index contributed by atoms with van der Waals surface area (Å²) in [7, 11) is -1.32. The molecule has 1 atom stereocenters. The van der Waals surface area contributed by atoms with E-state index >= 15 is 0 Å². The van der Waals surface area contributed by atoms with Crippen molar-refractivity contribution in [1.29, 1.82) is 0 Å². The lowest BCUT2D eigenvalue weighted by atomic mass is 10.2. The summed E-state index contributed by atoms with van der Waals surface area (Å²) in [6.07, 6.45) is 2.08. The highest BCUT2D eigenvalue weighted by molar-refractivity contribution is 9.10. The summed E-state index contributed by atoms with van der Waals surface area (Å²) in [5.41, 5.74) is 0.0401. The zero-order chi connectivity index (χ0) is 21.3. The van der Waals surface area contributed by atoms with Crippen LogP contribution in [0.2, 0.25) is 0 Å². The summed E-state index contributed by atoms with van der Waals surface area (Å²) < 4.78 is 47.8. The largest absolute Gasteiger partial charge is 0.464 e. The Bertz CT molecular complexity index is 1070. The van der Waals surface area contributed by atoms with Crippen molar-refractivity contribution in [3.05, 3.63) is 46.4 Å². The van der Waals surface area contributed by atoms with E-state index in [1.807, 2.05) is 0 Å². The van der Waals surface area contributed by atoms with Crippen LogP contribution >= 0.6 is 15.9 Å². The molecule has 1 fully saturated rings. The molecule has 0 spiro atoms. The Morgan fingerprint density at radius 3 is 2.69 bits per heavy atom. The average Bonchev–Trinajstić information content (AvgIpc) is 3.31. The molecule has 0 unspecified atom stereocenters. The molecule has 0 radical (unpaired) electrons. The molecule has 2 aromatic rings. The van der Waals surface area contributed by atoms with Gasteiger partial charge in [-0.15, -0.1) is 0 Å². The second-order valence-electron chi connectivity index (χ2n) is 6.55. The lowest BCUT2D eigenvalue weighted by Crippen LogP contribution is -2.43. The van der Waals surface area contributed by atoms with Gasteiger partial charge in [-0.3, -0.25) is 4.79 Å². The van der Waals surface area contributed by atoms with E-state index in [-0.39, 0.29) is 22.8 Å². The van der Waals surface area contributed by atoms with Gasteiger partial charge in [-0.2, -0.15) is 4.31 Å². The van der Waals surface area contributed by atoms with E-state index in [0.717, 1.165) is 4.31 Å². The van der Waals surface area contributed by atoms with E-state index in [9.17, 15) is 22.4 Å².